The van der Waals surface area contributed by atoms with Crippen LogP contribution < -0.4 is 10.1 Å². The van der Waals surface area contributed by atoms with Gasteiger partial charge in [0.05, 0.1) is 13.5 Å². The largest absolute Gasteiger partial charge is 0.497 e. The number of carbonyl (C=O) groups is 2. The molecule has 0 aliphatic rings. The summed E-state index contributed by atoms with van der Waals surface area (Å²) < 4.78 is 5.17. The summed E-state index contributed by atoms with van der Waals surface area (Å²) in [5.74, 6) is 0.619. The lowest BCUT2D eigenvalue weighted by molar-refractivity contribution is -0.140. The van der Waals surface area contributed by atoms with E-state index in [2.05, 4.69) is 5.32 Å². The number of carbonyl (C=O) groups excluding carboxylic acids is 2. The van der Waals surface area contributed by atoms with Gasteiger partial charge in [-0.2, -0.15) is 0 Å². The molecule has 2 rings (SSSR count). The second-order valence-electron chi connectivity index (χ2n) is 7.56. The Balaban J connectivity index is 2.26. The number of ether oxygens (including phenoxy) is 1. The molecular formula is C23H28Cl2N2O3. The molecule has 5 nitrogen and oxygen atoms in total. The molecular weight excluding hydrogens is 423 g/mol. The van der Waals surface area contributed by atoms with Crippen LogP contribution >= 0.6 is 23.2 Å². The standard InChI is InChI=1S/C23H28Cl2N2O3/c1-15(2)13-26-23(29)16(3)27(14-19-20(24)6-5-7-21(19)25)22(28)12-17-8-10-18(30-4)11-9-17/h5-11,15-16H,12-14H2,1-4H3,(H,26,29)/t16-/m1/s1. The first kappa shape index (κ1) is 24.0. The van der Waals surface area contributed by atoms with Crippen molar-refractivity contribution in [1.29, 1.82) is 0 Å². The molecule has 2 aromatic rings. The van der Waals surface area contributed by atoms with E-state index in [0.29, 0.717) is 33.8 Å². The fourth-order valence-corrected chi connectivity index (χ4v) is 3.43. The predicted octanol–water partition coefficient (Wildman–Crippen LogP) is 4.73. The van der Waals surface area contributed by atoms with E-state index >= 15 is 0 Å². The maximum Gasteiger partial charge on any atom is 0.242 e. The molecule has 0 saturated carbocycles. The van der Waals surface area contributed by atoms with Crippen molar-refractivity contribution in [2.75, 3.05) is 13.7 Å². The van der Waals surface area contributed by atoms with Gasteiger partial charge < -0.3 is 15.0 Å². The van der Waals surface area contributed by atoms with Crippen molar-refractivity contribution in [3.63, 3.8) is 0 Å². The van der Waals surface area contributed by atoms with Crippen molar-refractivity contribution >= 4 is 35.0 Å². The molecule has 0 spiro atoms. The molecule has 1 N–H and O–H groups in total. The van der Waals surface area contributed by atoms with Gasteiger partial charge in [-0.1, -0.05) is 55.2 Å². The first-order valence-corrected chi connectivity index (χ1v) is 10.6. The molecule has 0 heterocycles. The summed E-state index contributed by atoms with van der Waals surface area (Å²) >= 11 is 12.6. The molecule has 0 fully saturated rings. The number of rotatable bonds is 9. The van der Waals surface area contributed by atoms with Crippen molar-refractivity contribution in [3.05, 3.63) is 63.6 Å². The van der Waals surface area contributed by atoms with Gasteiger partial charge in [-0.3, -0.25) is 9.59 Å². The Kier molecular flexibility index (Phi) is 9.00. The number of hydrogen-bond donors (Lipinski definition) is 1. The summed E-state index contributed by atoms with van der Waals surface area (Å²) in [6.07, 6.45) is 0.147. The Hall–Kier alpha value is -2.24. The van der Waals surface area contributed by atoms with Gasteiger partial charge in [0.2, 0.25) is 11.8 Å². The summed E-state index contributed by atoms with van der Waals surface area (Å²) in [6, 6.07) is 11.8. The number of nitrogens with one attached hydrogen (secondary N) is 1. The Morgan fingerprint density at radius 3 is 2.17 bits per heavy atom. The van der Waals surface area contributed by atoms with Gasteiger partial charge in [-0.15, -0.1) is 0 Å². The average Bonchev–Trinajstić information content (AvgIpc) is 2.71. The van der Waals surface area contributed by atoms with Crippen LogP contribution in [0.1, 0.15) is 31.9 Å². The lowest BCUT2D eigenvalue weighted by Crippen LogP contribution is -2.48. The Morgan fingerprint density at radius 1 is 1.03 bits per heavy atom. The quantitative estimate of drug-likeness (QED) is 0.600. The first-order valence-electron chi connectivity index (χ1n) is 9.86. The van der Waals surface area contributed by atoms with Gasteiger partial charge in [0.15, 0.2) is 0 Å². The van der Waals surface area contributed by atoms with E-state index in [-0.39, 0.29) is 24.8 Å². The lowest BCUT2D eigenvalue weighted by Gasteiger charge is -2.29. The van der Waals surface area contributed by atoms with E-state index in [1.165, 1.54) is 4.90 Å². The van der Waals surface area contributed by atoms with Crippen LogP contribution in [0.5, 0.6) is 5.75 Å². The van der Waals surface area contributed by atoms with Gasteiger partial charge in [-0.25, -0.2) is 0 Å². The second kappa shape index (κ2) is 11.2. The SMILES string of the molecule is COc1ccc(CC(=O)N(Cc2c(Cl)cccc2Cl)[C@H](C)C(=O)NCC(C)C)cc1. The van der Waals surface area contributed by atoms with E-state index in [1.54, 1.807) is 44.4 Å². The second-order valence-corrected chi connectivity index (χ2v) is 8.38. The lowest BCUT2D eigenvalue weighted by atomic mass is 10.1. The van der Waals surface area contributed by atoms with Crippen LogP contribution in [-0.2, 0) is 22.6 Å². The fraction of sp³-hybridized carbons (Fsp3) is 0.391. The third-order valence-corrected chi connectivity index (χ3v) is 5.46. The minimum atomic E-state index is -0.679. The van der Waals surface area contributed by atoms with Crippen LogP contribution in [0, 0.1) is 5.92 Å². The van der Waals surface area contributed by atoms with E-state index in [1.807, 2.05) is 26.0 Å². The molecule has 2 amide bonds. The molecule has 0 saturated heterocycles. The number of hydrogen-bond acceptors (Lipinski definition) is 3. The zero-order valence-electron chi connectivity index (χ0n) is 17.7. The van der Waals surface area contributed by atoms with E-state index in [0.717, 1.165) is 5.56 Å². The normalized spacial score (nSPS) is 11.8. The summed E-state index contributed by atoms with van der Waals surface area (Å²) in [7, 11) is 1.59. The monoisotopic (exact) mass is 450 g/mol. The zero-order valence-corrected chi connectivity index (χ0v) is 19.3. The number of methoxy groups -OCH3 is 1. The van der Waals surface area contributed by atoms with Crippen LogP contribution in [0.25, 0.3) is 0 Å². The zero-order chi connectivity index (χ0) is 22.3. The van der Waals surface area contributed by atoms with Crippen molar-refractivity contribution in [2.24, 2.45) is 5.92 Å². The number of amides is 2. The highest BCUT2D eigenvalue weighted by Crippen LogP contribution is 2.27. The van der Waals surface area contributed by atoms with Crippen LogP contribution in [-0.4, -0.2) is 36.4 Å². The minimum absolute atomic E-state index is 0.143. The van der Waals surface area contributed by atoms with Crippen LogP contribution in [0.15, 0.2) is 42.5 Å². The number of halogens is 2. The Labute approximate surface area is 188 Å². The fourth-order valence-electron chi connectivity index (χ4n) is 2.91. The summed E-state index contributed by atoms with van der Waals surface area (Å²) in [5.41, 5.74) is 1.44. The van der Waals surface area contributed by atoms with Crippen molar-refractivity contribution < 1.29 is 14.3 Å². The first-order chi connectivity index (χ1) is 14.2. The van der Waals surface area contributed by atoms with Gasteiger partial charge in [0, 0.05) is 28.7 Å². The van der Waals surface area contributed by atoms with Gasteiger partial charge in [-0.05, 0) is 42.7 Å². The Morgan fingerprint density at radius 2 is 1.63 bits per heavy atom. The molecule has 0 unspecified atom stereocenters. The third kappa shape index (κ3) is 6.64. The van der Waals surface area contributed by atoms with Gasteiger partial charge in [0.25, 0.3) is 0 Å². The number of benzene rings is 2. The maximum absolute atomic E-state index is 13.2. The van der Waals surface area contributed by atoms with Gasteiger partial charge in [0.1, 0.15) is 11.8 Å². The molecule has 2 aromatic carbocycles. The third-order valence-electron chi connectivity index (χ3n) is 4.76. The molecule has 1 atom stereocenters. The summed E-state index contributed by atoms with van der Waals surface area (Å²) in [6.45, 7) is 6.43. The molecule has 0 radical (unpaired) electrons. The molecule has 0 aromatic heterocycles. The van der Waals surface area contributed by atoms with Crippen molar-refractivity contribution in [2.45, 2.75) is 39.8 Å². The molecule has 0 aliphatic carbocycles. The maximum atomic E-state index is 13.2. The van der Waals surface area contributed by atoms with E-state index in [4.69, 9.17) is 27.9 Å². The topological polar surface area (TPSA) is 58.6 Å². The van der Waals surface area contributed by atoms with Crippen LogP contribution in [0.3, 0.4) is 0 Å². The van der Waals surface area contributed by atoms with E-state index < -0.39 is 6.04 Å². The molecule has 30 heavy (non-hydrogen) atoms. The molecule has 0 bridgehead atoms. The highest BCUT2D eigenvalue weighted by Gasteiger charge is 2.27. The van der Waals surface area contributed by atoms with Gasteiger partial charge >= 0.3 is 0 Å². The van der Waals surface area contributed by atoms with Crippen LogP contribution in [0.4, 0.5) is 0 Å². The Bertz CT molecular complexity index is 849. The number of nitrogens with zero attached hydrogens (tertiary/aromatic N) is 1. The van der Waals surface area contributed by atoms with Crippen molar-refractivity contribution in [1.82, 2.24) is 10.2 Å². The van der Waals surface area contributed by atoms with Crippen LogP contribution in [0.2, 0.25) is 10.0 Å². The predicted molar refractivity (Wildman–Crippen MR) is 121 cm³/mol. The smallest absolute Gasteiger partial charge is 0.242 e. The van der Waals surface area contributed by atoms with Crippen molar-refractivity contribution in [3.8, 4) is 5.75 Å². The molecule has 162 valence electrons. The summed E-state index contributed by atoms with van der Waals surface area (Å²) in [5, 5.41) is 3.81. The molecule has 7 heteroatoms. The minimum Gasteiger partial charge on any atom is -0.497 e. The molecule has 0 aliphatic heterocycles. The highest BCUT2D eigenvalue weighted by molar-refractivity contribution is 6.36. The van der Waals surface area contributed by atoms with E-state index in [9.17, 15) is 9.59 Å². The average molecular weight is 451 g/mol. The summed E-state index contributed by atoms with van der Waals surface area (Å²) in [4.78, 5) is 27.4. The highest BCUT2D eigenvalue weighted by atomic mass is 35.5.